The molecule has 0 radical (unpaired) electrons. The van der Waals surface area contributed by atoms with Crippen LogP contribution in [0, 0.1) is 0 Å². The van der Waals surface area contributed by atoms with E-state index < -0.39 is 0 Å². The van der Waals surface area contributed by atoms with E-state index in [1.54, 1.807) is 24.7 Å². The van der Waals surface area contributed by atoms with Crippen molar-refractivity contribution in [1.29, 1.82) is 0 Å². The number of aromatic nitrogens is 2. The average Bonchev–Trinajstić information content (AvgIpc) is 3.45. The Morgan fingerprint density at radius 3 is 2.86 bits per heavy atom. The molecule has 0 bridgehead atoms. The molecule has 6 rings (SSSR count). The molecule has 2 aliphatic rings. The van der Waals surface area contributed by atoms with Gasteiger partial charge in [-0.15, -0.1) is 11.3 Å². The lowest BCUT2D eigenvalue weighted by molar-refractivity contribution is -0.132. The van der Waals surface area contributed by atoms with E-state index in [9.17, 15) is 9.59 Å². The first-order chi connectivity index (χ1) is 17.1. The summed E-state index contributed by atoms with van der Waals surface area (Å²) in [5.74, 6) is 1.54. The van der Waals surface area contributed by atoms with Crippen LogP contribution in [0.3, 0.4) is 0 Å². The second kappa shape index (κ2) is 9.13. The van der Waals surface area contributed by atoms with Gasteiger partial charge in [-0.3, -0.25) is 14.5 Å². The van der Waals surface area contributed by atoms with E-state index in [1.165, 1.54) is 16.9 Å². The number of piperazine rings is 1. The molecule has 4 aromatic rings. The molecule has 9 heteroatoms. The molecule has 4 heterocycles. The largest absolute Gasteiger partial charge is 0.497 e. The third-order valence-corrected chi connectivity index (χ3v) is 8.36. The Balaban J connectivity index is 1.09. The Bertz CT molecular complexity index is 1460. The predicted octanol–water partition coefficient (Wildman–Crippen LogP) is 3.51. The minimum Gasteiger partial charge on any atom is -0.497 e. The van der Waals surface area contributed by atoms with Gasteiger partial charge in [0.2, 0.25) is 5.91 Å². The summed E-state index contributed by atoms with van der Waals surface area (Å²) in [6.45, 7) is 3.39. The van der Waals surface area contributed by atoms with Crippen LogP contribution in [-0.2, 0) is 30.6 Å². The fraction of sp³-hybridized carbons (Fsp3) is 0.423. The third-order valence-electron chi connectivity index (χ3n) is 7.18. The van der Waals surface area contributed by atoms with Gasteiger partial charge in [0, 0.05) is 48.1 Å². The minimum absolute atomic E-state index is 0.0110. The average molecular weight is 493 g/mol. The number of amides is 1. The summed E-state index contributed by atoms with van der Waals surface area (Å²) in [7, 11) is 1.62. The van der Waals surface area contributed by atoms with Crippen LogP contribution in [0.2, 0.25) is 0 Å². The van der Waals surface area contributed by atoms with Gasteiger partial charge in [0.25, 0.3) is 5.56 Å². The van der Waals surface area contributed by atoms with Gasteiger partial charge in [-0.2, -0.15) is 0 Å². The number of nitrogens with one attached hydrogen (secondary N) is 1. The van der Waals surface area contributed by atoms with Crippen LogP contribution in [0.15, 0.2) is 33.7 Å². The van der Waals surface area contributed by atoms with Gasteiger partial charge >= 0.3 is 0 Å². The fourth-order valence-corrected chi connectivity index (χ4v) is 6.53. The summed E-state index contributed by atoms with van der Waals surface area (Å²) in [6.07, 6.45) is 6.36. The number of fused-ring (bicyclic) bond motifs is 4. The van der Waals surface area contributed by atoms with E-state index in [0.29, 0.717) is 31.9 Å². The van der Waals surface area contributed by atoms with Gasteiger partial charge in [0.05, 0.1) is 31.7 Å². The number of H-pyrrole nitrogens is 1. The molecule has 0 spiro atoms. The maximum Gasteiger partial charge on any atom is 0.259 e. The highest BCUT2D eigenvalue weighted by Crippen LogP contribution is 2.33. The molecule has 8 nitrogen and oxygen atoms in total. The summed E-state index contributed by atoms with van der Waals surface area (Å²) in [4.78, 5) is 40.0. The molecule has 1 N–H and O–H groups in total. The molecular formula is C26H28N4O4S. The summed E-state index contributed by atoms with van der Waals surface area (Å²) >= 11 is 1.68. The highest BCUT2D eigenvalue weighted by atomic mass is 32.1. The second-order valence-corrected chi connectivity index (χ2v) is 10.4. The number of thiophene rings is 1. The van der Waals surface area contributed by atoms with Crippen molar-refractivity contribution in [3.8, 4) is 5.75 Å². The monoisotopic (exact) mass is 492 g/mol. The Labute approximate surface area is 206 Å². The summed E-state index contributed by atoms with van der Waals surface area (Å²) in [6, 6.07) is 5.65. The van der Waals surface area contributed by atoms with Crippen LogP contribution >= 0.6 is 11.3 Å². The highest BCUT2D eigenvalue weighted by molar-refractivity contribution is 7.18. The standard InChI is InChI=1S/C26H28N4O4S/c1-33-17-6-7-18-16(15-34-20(18)13-17)12-23(31)30-10-8-29(9-11-30)14-22-27-25(32)24-19-4-2-3-5-21(19)35-26(24)28-22/h6-7,13,15H,2-5,8-12,14H2,1H3,(H,27,28,32). The molecule has 182 valence electrons. The van der Waals surface area contributed by atoms with Crippen molar-refractivity contribution in [3.63, 3.8) is 0 Å². The molecular weight excluding hydrogens is 464 g/mol. The first kappa shape index (κ1) is 22.3. The smallest absolute Gasteiger partial charge is 0.259 e. The summed E-state index contributed by atoms with van der Waals surface area (Å²) in [5, 5.41) is 1.74. The maximum atomic E-state index is 13.0. The number of rotatable bonds is 5. The zero-order chi connectivity index (χ0) is 23.9. The van der Waals surface area contributed by atoms with E-state index >= 15 is 0 Å². The van der Waals surface area contributed by atoms with Crippen molar-refractivity contribution >= 4 is 38.4 Å². The first-order valence-corrected chi connectivity index (χ1v) is 13.0. The molecule has 0 saturated carbocycles. The molecule has 1 amide bonds. The molecule has 1 fully saturated rings. The number of carbonyl (C=O) groups excluding carboxylic acids is 1. The number of aromatic amines is 1. The molecule has 0 unspecified atom stereocenters. The summed E-state index contributed by atoms with van der Waals surface area (Å²) < 4.78 is 10.9. The van der Waals surface area contributed by atoms with Gasteiger partial charge < -0.3 is 19.0 Å². The molecule has 0 atom stereocenters. The molecule has 3 aromatic heterocycles. The number of hydrogen-bond acceptors (Lipinski definition) is 7. The van der Waals surface area contributed by atoms with Crippen molar-refractivity contribution < 1.29 is 13.9 Å². The quantitative estimate of drug-likeness (QED) is 0.459. The lowest BCUT2D eigenvalue weighted by Crippen LogP contribution is -2.49. The Morgan fingerprint density at radius 2 is 2.03 bits per heavy atom. The van der Waals surface area contributed by atoms with Gasteiger partial charge in [-0.25, -0.2) is 4.98 Å². The van der Waals surface area contributed by atoms with E-state index in [4.69, 9.17) is 14.1 Å². The van der Waals surface area contributed by atoms with E-state index in [-0.39, 0.29) is 11.5 Å². The van der Waals surface area contributed by atoms with Gasteiger partial charge in [-0.1, -0.05) is 0 Å². The van der Waals surface area contributed by atoms with Crippen LogP contribution in [0.25, 0.3) is 21.2 Å². The number of methoxy groups -OCH3 is 1. The lowest BCUT2D eigenvalue weighted by Gasteiger charge is -2.34. The van der Waals surface area contributed by atoms with Crippen LogP contribution in [0.1, 0.15) is 34.7 Å². The molecule has 1 saturated heterocycles. The van der Waals surface area contributed by atoms with Crippen molar-refractivity contribution in [2.45, 2.75) is 38.6 Å². The first-order valence-electron chi connectivity index (χ1n) is 12.2. The van der Waals surface area contributed by atoms with Crippen LogP contribution in [0.5, 0.6) is 5.75 Å². The van der Waals surface area contributed by atoms with Crippen molar-refractivity contribution in [1.82, 2.24) is 19.8 Å². The zero-order valence-electron chi connectivity index (χ0n) is 19.8. The fourth-order valence-electron chi connectivity index (χ4n) is 5.25. The normalized spacial score (nSPS) is 16.7. The summed E-state index contributed by atoms with van der Waals surface area (Å²) in [5.41, 5.74) is 2.82. The van der Waals surface area contributed by atoms with Crippen LogP contribution in [0.4, 0.5) is 0 Å². The number of aryl methyl sites for hydroxylation is 2. The SMILES string of the molecule is COc1ccc2c(CC(=O)N3CCN(Cc4nc5sc6c(c5c(=O)[nH]4)CCCC6)CC3)coc2c1. The topological polar surface area (TPSA) is 91.7 Å². The van der Waals surface area contributed by atoms with E-state index in [1.807, 2.05) is 23.1 Å². The van der Waals surface area contributed by atoms with Gasteiger partial charge in [0.15, 0.2) is 0 Å². The number of hydrogen-bond donors (Lipinski definition) is 1. The second-order valence-electron chi connectivity index (χ2n) is 9.36. The van der Waals surface area contributed by atoms with E-state index in [2.05, 4.69) is 9.88 Å². The number of benzene rings is 1. The Morgan fingerprint density at radius 1 is 1.20 bits per heavy atom. The van der Waals surface area contributed by atoms with Gasteiger partial charge in [-0.05, 0) is 43.4 Å². The molecule has 1 aromatic carbocycles. The van der Waals surface area contributed by atoms with Crippen LogP contribution < -0.4 is 10.3 Å². The number of ether oxygens (including phenoxy) is 1. The Hall–Kier alpha value is -3.17. The van der Waals surface area contributed by atoms with Crippen molar-refractivity contribution in [2.75, 3.05) is 33.3 Å². The zero-order valence-corrected chi connectivity index (χ0v) is 20.6. The third kappa shape index (κ3) is 4.23. The number of furan rings is 1. The van der Waals surface area contributed by atoms with Crippen LogP contribution in [-0.4, -0.2) is 59.0 Å². The lowest BCUT2D eigenvalue weighted by atomic mass is 9.97. The Kier molecular flexibility index (Phi) is 5.82. The molecule has 1 aliphatic heterocycles. The number of nitrogens with zero attached hydrogens (tertiary/aromatic N) is 3. The minimum atomic E-state index is -0.0110. The predicted molar refractivity (Wildman–Crippen MR) is 135 cm³/mol. The van der Waals surface area contributed by atoms with Crippen molar-refractivity contribution in [2.24, 2.45) is 0 Å². The molecule has 35 heavy (non-hydrogen) atoms. The van der Waals surface area contributed by atoms with Crippen molar-refractivity contribution in [3.05, 3.63) is 56.6 Å². The maximum absolute atomic E-state index is 13.0. The highest BCUT2D eigenvalue weighted by Gasteiger charge is 2.24. The number of carbonyl (C=O) groups is 1. The van der Waals surface area contributed by atoms with E-state index in [0.717, 1.165) is 64.9 Å². The van der Waals surface area contributed by atoms with Gasteiger partial charge in [0.1, 0.15) is 22.0 Å². The molecule has 1 aliphatic carbocycles.